The quantitative estimate of drug-likeness (QED) is 0.600. The molecule has 2 N–H and O–H groups in total. The lowest BCUT2D eigenvalue weighted by atomic mass is 10.1. The van der Waals surface area contributed by atoms with Gasteiger partial charge in [-0.15, -0.1) is 5.10 Å². The molecule has 1 atom stereocenters. The van der Waals surface area contributed by atoms with Crippen LogP contribution in [-0.4, -0.2) is 32.3 Å². The van der Waals surface area contributed by atoms with Crippen LogP contribution >= 0.6 is 11.8 Å². The Balaban J connectivity index is 1.91. The van der Waals surface area contributed by atoms with Crippen molar-refractivity contribution in [1.29, 1.82) is 0 Å². The maximum Gasteiger partial charge on any atom is 0.271 e. The molecule has 1 aliphatic heterocycles. The largest absolute Gasteiger partial charge is 0.508 e. The number of nitrogens with one attached hydrogen (secondary N) is 1. The zero-order valence-electron chi connectivity index (χ0n) is 14.9. The zero-order valence-corrected chi connectivity index (χ0v) is 15.8. The van der Waals surface area contributed by atoms with Gasteiger partial charge in [0.15, 0.2) is 5.17 Å². The van der Waals surface area contributed by atoms with Crippen molar-refractivity contribution in [2.24, 2.45) is 5.10 Å². The van der Waals surface area contributed by atoms with E-state index in [1.54, 1.807) is 19.9 Å². The van der Waals surface area contributed by atoms with E-state index < -0.39 is 16.1 Å². The third-order valence-corrected chi connectivity index (χ3v) is 5.11. The van der Waals surface area contributed by atoms with Gasteiger partial charge in [0.2, 0.25) is 5.91 Å². The number of rotatable bonds is 4. The predicted molar refractivity (Wildman–Crippen MR) is 105 cm³/mol. The number of amides is 2. The summed E-state index contributed by atoms with van der Waals surface area (Å²) in [5.74, 6) is -0.775. The van der Waals surface area contributed by atoms with Gasteiger partial charge in [0.25, 0.3) is 11.6 Å². The number of phenols is 1. The Hall–Kier alpha value is -3.40. The molecule has 0 aliphatic carbocycles. The Bertz CT molecular complexity index is 990. The number of nitro benzene ring substituents is 1. The molecular formula is C18H16N4O5S. The van der Waals surface area contributed by atoms with Crippen LogP contribution in [0.2, 0.25) is 0 Å². The van der Waals surface area contributed by atoms with Crippen LogP contribution < -0.4 is 10.3 Å². The summed E-state index contributed by atoms with van der Waals surface area (Å²) < 4.78 is 0. The molecule has 144 valence electrons. The first kappa shape index (κ1) is 19.4. The molecule has 2 aromatic carbocycles. The number of anilines is 1. The van der Waals surface area contributed by atoms with E-state index in [2.05, 4.69) is 10.5 Å². The van der Waals surface area contributed by atoms with Gasteiger partial charge in [-0.1, -0.05) is 17.8 Å². The molecule has 0 spiro atoms. The minimum Gasteiger partial charge on any atom is -0.508 e. The van der Waals surface area contributed by atoms with Crippen LogP contribution in [-0.2, 0) is 4.79 Å². The number of amidine groups is 1. The fourth-order valence-corrected chi connectivity index (χ4v) is 3.48. The number of phenolic OH excluding ortho intramolecular Hbond substituents is 1. The van der Waals surface area contributed by atoms with Crippen molar-refractivity contribution in [2.45, 2.75) is 19.1 Å². The number of carbonyl (C=O) groups excluding carboxylic acids is 2. The van der Waals surface area contributed by atoms with Crippen molar-refractivity contribution in [1.82, 2.24) is 5.43 Å². The highest BCUT2D eigenvalue weighted by Crippen LogP contribution is 2.35. The highest BCUT2D eigenvalue weighted by atomic mass is 32.2. The van der Waals surface area contributed by atoms with Crippen LogP contribution in [0.25, 0.3) is 0 Å². The average molecular weight is 400 g/mol. The van der Waals surface area contributed by atoms with Crippen molar-refractivity contribution < 1.29 is 19.6 Å². The van der Waals surface area contributed by atoms with Crippen molar-refractivity contribution in [3.63, 3.8) is 0 Å². The molecule has 1 fully saturated rings. The molecule has 1 saturated heterocycles. The molecule has 0 unspecified atom stereocenters. The monoisotopic (exact) mass is 400 g/mol. The Kier molecular flexibility index (Phi) is 5.32. The second-order valence-corrected chi connectivity index (χ2v) is 7.35. The van der Waals surface area contributed by atoms with E-state index in [4.69, 9.17) is 0 Å². The van der Waals surface area contributed by atoms with Gasteiger partial charge in [0, 0.05) is 17.7 Å². The fourth-order valence-electron chi connectivity index (χ4n) is 2.56. The van der Waals surface area contributed by atoms with Crippen LogP contribution in [0.15, 0.2) is 47.6 Å². The van der Waals surface area contributed by atoms with Crippen LogP contribution in [0.1, 0.15) is 22.8 Å². The van der Waals surface area contributed by atoms with E-state index in [1.807, 2.05) is 0 Å². The number of benzene rings is 2. The van der Waals surface area contributed by atoms with Gasteiger partial charge in [-0.05, 0) is 43.7 Å². The highest BCUT2D eigenvalue weighted by molar-refractivity contribution is 8.16. The van der Waals surface area contributed by atoms with E-state index in [0.29, 0.717) is 11.3 Å². The van der Waals surface area contributed by atoms with E-state index in [0.717, 1.165) is 11.8 Å². The molecule has 10 heteroatoms. The molecule has 0 aromatic heterocycles. The Morgan fingerprint density at radius 1 is 1.29 bits per heavy atom. The molecule has 0 radical (unpaired) electrons. The normalized spacial score (nSPS) is 17.8. The Morgan fingerprint density at radius 2 is 1.96 bits per heavy atom. The Morgan fingerprint density at radius 3 is 2.61 bits per heavy atom. The van der Waals surface area contributed by atoms with Crippen molar-refractivity contribution >= 4 is 40.1 Å². The molecular weight excluding hydrogens is 384 g/mol. The van der Waals surface area contributed by atoms with Gasteiger partial charge in [-0.3, -0.25) is 24.6 Å². The van der Waals surface area contributed by atoms with Gasteiger partial charge >= 0.3 is 0 Å². The minimum absolute atomic E-state index is 0.0287. The van der Waals surface area contributed by atoms with Crippen molar-refractivity contribution in [2.75, 3.05) is 4.90 Å². The van der Waals surface area contributed by atoms with Gasteiger partial charge in [-0.25, -0.2) is 5.43 Å². The lowest BCUT2D eigenvalue weighted by molar-refractivity contribution is -0.384. The molecule has 3 rings (SSSR count). The molecule has 0 bridgehead atoms. The number of hydrazone groups is 1. The predicted octanol–water partition coefficient (Wildman–Crippen LogP) is 2.78. The molecule has 1 aliphatic rings. The summed E-state index contributed by atoms with van der Waals surface area (Å²) in [6, 6.07) is 9.84. The second-order valence-electron chi connectivity index (χ2n) is 6.04. The lowest BCUT2D eigenvalue weighted by Crippen LogP contribution is -2.33. The van der Waals surface area contributed by atoms with Gasteiger partial charge < -0.3 is 5.11 Å². The van der Waals surface area contributed by atoms with E-state index >= 15 is 0 Å². The summed E-state index contributed by atoms with van der Waals surface area (Å²) in [6.07, 6.45) is 0. The maximum absolute atomic E-state index is 12.6. The molecule has 0 saturated carbocycles. The third kappa shape index (κ3) is 3.81. The lowest BCUT2D eigenvalue weighted by Gasteiger charge is -2.18. The number of nitrogens with zero attached hydrogens (tertiary/aromatic N) is 3. The molecule has 28 heavy (non-hydrogen) atoms. The third-order valence-electron chi connectivity index (χ3n) is 4.07. The number of aryl methyl sites for hydroxylation is 1. The minimum atomic E-state index is -0.538. The smallest absolute Gasteiger partial charge is 0.271 e. The maximum atomic E-state index is 12.6. The van der Waals surface area contributed by atoms with Crippen LogP contribution in [0.3, 0.4) is 0 Å². The average Bonchev–Trinajstić information content (AvgIpc) is 2.94. The number of non-ortho nitro benzene ring substituents is 1. The van der Waals surface area contributed by atoms with E-state index in [1.165, 1.54) is 41.3 Å². The van der Waals surface area contributed by atoms with Crippen molar-refractivity contribution in [3.8, 4) is 5.75 Å². The summed E-state index contributed by atoms with van der Waals surface area (Å²) in [5, 5.41) is 24.2. The number of nitro groups is 1. The van der Waals surface area contributed by atoms with Gasteiger partial charge in [0.05, 0.1) is 15.9 Å². The summed E-state index contributed by atoms with van der Waals surface area (Å²) in [5.41, 5.74) is 3.51. The SMILES string of the molecule is Cc1ccc([N+](=O)[O-])cc1N1C(=O)[C@@H](C)S/C1=N/NC(=O)c1ccc(O)cc1. The summed E-state index contributed by atoms with van der Waals surface area (Å²) in [6.45, 7) is 3.42. The van der Waals surface area contributed by atoms with E-state index in [9.17, 15) is 24.8 Å². The number of hydrogen-bond acceptors (Lipinski definition) is 7. The number of hydrogen-bond donors (Lipinski definition) is 2. The topological polar surface area (TPSA) is 125 Å². The number of aromatic hydroxyl groups is 1. The summed E-state index contributed by atoms with van der Waals surface area (Å²) >= 11 is 1.14. The summed E-state index contributed by atoms with van der Waals surface area (Å²) in [7, 11) is 0. The van der Waals surface area contributed by atoms with Gasteiger partial charge in [0.1, 0.15) is 5.75 Å². The number of thioether (sulfide) groups is 1. The summed E-state index contributed by atoms with van der Waals surface area (Å²) in [4.78, 5) is 36.7. The Labute approximate surface area is 164 Å². The first-order chi connectivity index (χ1) is 13.3. The first-order valence-corrected chi connectivity index (χ1v) is 9.08. The van der Waals surface area contributed by atoms with E-state index in [-0.39, 0.29) is 28.1 Å². The zero-order chi connectivity index (χ0) is 20.4. The standard InChI is InChI=1S/C18H16N4O5S/c1-10-3-6-13(22(26)27)9-15(10)21-17(25)11(2)28-18(21)20-19-16(24)12-4-7-14(23)8-5-12/h3-9,11,23H,1-2H3,(H,19,24)/b20-18+/t11-/m1/s1. The van der Waals surface area contributed by atoms with Crippen LogP contribution in [0, 0.1) is 17.0 Å². The second kappa shape index (κ2) is 7.69. The van der Waals surface area contributed by atoms with Gasteiger partial charge in [-0.2, -0.15) is 0 Å². The molecule has 2 aromatic rings. The highest BCUT2D eigenvalue weighted by Gasteiger charge is 2.37. The van der Waals surface area contributed by atoms with Crippen LogP contribution in [0.4, 0.5) is 11.4 Å². The fraction of sp³-hybridized carbons (Fsp3) is 0.167. The van der Waals surface area contributed by atoms with Crippen molar-refractivity contribution in [3.05, 3.63) is 63.7 Å². The molecule has 9 nitrogen and oxygen atoms in total. The molecule has 2 amide bonds. The molecule has 1 heterocycles. The van der Waals surface area contributed by atoms with Crippen LogP contribution in [0.5, 0.6) is 5.75 Å². The first-order valence-electron chi connectivity index (χ1n) is 8.20. The number of carbonyl (C=O) groups is 2.